The van der Waals surface area contributed by atoms with Gasteiger partial charge in [-0.3, -0.25) is 4.79 Å². The first kappa shape index (κ1) is 12.5. The molecule has 0 unspecified atom stereocenters. The maximum atomic E-state index is 12.1. The van der Waals surface area contributed by atoms with Crippen molar-refractivity contribution >= 4 is 5.78 Å². The van der Waals surface area contributed by atoms with Crippen molar-refractivity contribution in [2.24, 2.45) is 0 Å². The van der Waals surface area contributed by atoms with Crippen LogP contribution in [0.2, 0.25) is 0 Å². The van der Waals surface area contributed by atoms with Gasteiger partial charge in [0.25, 0.3) is 0 Å². The number of aliphatic hydroxyl groups excluding tert-OH is 1. The molecule has 0 saturated heterocycles. The molecule has 0 heterocycles. The molecule has 2 rings (SSSR count). The fraction of sp³-hybridized carbons (Fsp3) is 0.188. The van der Waals surface area contributed by atoms with Crippen molar-refractivity contribution in [1.82, 2.24) is 0 Å². The number of rotatable bonds is 5. The van der Waals surface area contributed by atoms with E-state index in [0.29, 0.717) is 11.1 Å². The minimum atomic E-state index is 0.0457. The number of benzene rings is 2. The Balaban J connectivity index is 2.12. The minimum Gasteiger partial charge on any atom is -0.396 e. The molecule has 0 fully saturated rings. The number of hydrogen-bond donors (Lipinski definition) is 1. The summed E-state index contributed by atoms with van der Waals surface area (Å²) in [5, 5.41) is 8.76. The Hall–Kier alpha value is -1.93. The van der Waals surface area contributed by atoms with Gasteiger partial charge in [-0.15, -0.1) is 0 Å². The summed E-state index contributed by atoms with van der Waals surface area (Å²) in [5.74, 6) is 0.0457. The average Bonchev–Trinajstić information content (AvgIpc) is 2.46. The largest absolute Gasteiger partial charge is 0.396 e. The molecule has 1 N–H and O–H groups in total. The molecule has 92 valence electrons. The maximum absolute atomic E-state index is 12.1. The third-order valence-corrected chi connectivity index (χ3v) is 2.88. The Bertz CT molecular complexity index is 500. The normalized spacial score (nSPS) is 10.3. The summed E-state index contributed by atoms with van der Waals surface area (Å²) < 4.78 is 0. The Kier molecular flexibility index (Phi) is 4.26. The third kappa shape index (κ3) is 3.05. The van der Waals surface area contributed by atoms with Crippen LogP contribution in [0, 0.1) is 0 Å². The van der Waals surface area contributed by atoms with Crippen molar-refractivity contribution in [2.75, 3.05) is 6.61 Å². The van der Waals surface area contributed by atoms with Crippen molar-refractivity contribution in [3.8, 4) is 0 Å². The van der Waals surface area contributed by atoms with E-state index in [1.165, 1.54) is 0 Å². The quantitative estimate of drug-likeness (QED) is 0.816. The molecule has 0 amide bonds. The second kappa shape index (κ2) is 6.12. The van der Waals surface area contributed by atoms with Gasteiger partial charge in [0.05, 0.1) is 0 Å². The number of aliphatic hydroxyl groups is 1. The van der Waals surface area contributed by atoms with Gasteiger partial charge in [0.2, 0.25) is 0 Å². The smallest absolute Gasteiger partial charge is 0.193 e. The topological polar surface area (TPSA) is 37.3 Å². The molecule has 2 aromatic carbocycles. The maximum Gasteiger partial charge on any atom is 0.193 e. The third-order valence-electron chi connectivity index (χ3n) is 2.88. The van der Waals surface area contributed by atoms with Gasteiger partial charge in [0.15, 0.2) is 5.78 Å². The number of ketones is 1. The second-order valence-electron chi connectivity index (χ2n) is 4.22. The molecular weight excluding hydrogens is 224 g/mol. The number of carbonyl (C=O) groups excluding carboxylic acids is 1. The molecule has 0 aliphatic heterocycles. The van der Waals surface area contributed by atoms with E-state index in [9.17, 15) is 4.79 Å². The van der Waals surface area contributed by atoms with E-state index in [4.69, 9.17) is 5.11 Å². The monoisotopic (exact) mass is 240 g/mol. The fourth-order valence-electron chi connectivity index (χ4n) is 1.86. The first-order valence-corrected chi connectivity index (χ1v) is 6.11. The molecule has 0 radical (unpaired) electrons. The van der Waals surface area contributed by atoms with Crippen molar-refractivity contribution in [1.29, 1.82) is 0 Å². The molecule has 0 aliphatic carbocycles. The van der Waals surface area contributed by atoms with E-state index in [1.54, 1.807) is 0 Å². The zero-order valence-corrected chi connectivity index (χ0v) is 10.2. The zero-order chi connectivity index (χ0) is 12.8. The van der Waals surface area contributed by atoms with Gasteiger partial charge in [0.1, 0.15) is 0 Å². The van der Waals surface area contributed by atoms with Crippen LogP contribution in [0.1, 0.15) is 27.9 Å². The highest BCUT2D eigenvalue weighted by atomic mass is 16.2. The van der Waals surface area contributed by atoms with Crippen LogP contribution >= 0.6 is 0 Å². The number of hydrogen-bond acceptors (Lipinski definition) is 2. The predicted molar refractivity (Wildman–Crippen MR) is 71.7 cm³/mol. The van der Waals surface area contributed by atoms with Gasteiger partial charge in [-0.2, -0.15) is 0 Å². The average molecular weight is 240 g/mol. The highest BCUT2D eigenvalue weighted by Gasteiger charge is 2.07. The lowest BCUT2D eigenvalue weighted by atomic mass is 10.0. The summed E-state index contributed by atoms with van der Waals surface area (Å²) in [5.41, 5.74) is 2.56. The SMILES string of the molecule is O=C(c1ccccc1)c1ccc(CCCO)cc1. The first-order chi connectivity index (χ1) is 8.81. The van der Waals surface area contributed by atoms with Gasteiger partial charge >= 0.3 is 0 Å². The molecule has 0 aliphatic rings. The molecule has 0 atom stereocenters. The van der Waals surface area contributed by atoms with Gasteiger partial charge in [-0.1, -0.05) is 54.6 Å². The van der Waals surface area contributed by atoms with Crippen LogP contribution in [-0.4, -0.2) is 17.5 Å². The summed E-state index contributed by atoms with van der Waals surface area (Å²) in [7, 11) is 0. The molecule has 0 spiro atoms. The lowest BCUT2D eigenvalue weighted by molar-refractivity contribution is 0.103. The molecule has 0 aromatic heterocycles. The van der Waals surface area contributed by atoms with Gasteiger partial charge < -0.3 is 5.11 Å². The van der Waals surface area contributed by atoms with E-state index >= 15 is 0 Å². The Morgan fingerprint density at radius 1 is 0.889 bits per heavy atom. The van der Waals surface area contributed by atoms with E-state index < -0.39 is 0 Å². The van der Waals surface area contributed by atoms with Crippen LogP contribution in [0.15, 0.2) is 54.6 Å². The van der Waals surface area contributed by atoms with E-state index in [2.05, 4.69) is 0 Å². The number of carbonyl (C=O) groups is 1. The minimum absolute atomic E-state index is 0.0457. The molecule has 0 bridgehead atoms. The van der Waals surface area contributed by atoms with Crippen LogP contribution in [0.25, 0.3) is 0 Å². The van der Waals surface area contributed by atoms with Crippen LogP contribution in [0.4, 0.5) is 0 Å². The molecule has 0 saturated carbocycles. The van der Waals surface area contributed by atoms with E-state index in [0.717, 1.165) is 18.4 Å². The van der Waals surface area contributed by atoms with Crippen LogP contribution in [0.3, 0.4) is 0 Å². The van der Waals surface area contributed by atoms with E-state index in [1.807, 2.05) is 54.6 Å². The Morgan fingerprint density at radius 3 is 2.11 bits per heavy atom. The highest BCUT2D eigenvalue weighted by molar-refractivity contribution is 6.08. The summed E-state index contributed by atoms with van der Waals surface area (Å²) >= 11 is 0. The van der Waals surface area contributed by atoms with Gasteiger partial charge in [-0.05, 0) is 18.4 Å². The molecule has 18 heavy (non-hydrogen) atoms. The van der Waals surface area contributed by atoms with Gasteiger partial charge in [0, 0.05) is 17.7 Å². The standard InChI is InChI=1S/C16H16O2/c17-12-4-5-13-8-10-15(11-9-13)16(18)14-6-2-1-3-7-14/h1-3,6-11,17H,4-5,12H2. The predicted octanol–water partition coefficient (Wildman–Crippen LogP) is 2.84. The van der Waals surface area contributed by atoms with Crippen LogP contribution in [-0.2, 0) is 6.42 Å². The van der Waals surface area contributed by atoms with Gasteiger partial charge in [-0.25, -0.2) is 0 Å². The Labute approximate surface area is 107 Å². The van der Waals surface area contributed by atoms with Crippen molar-refractivity contribution in [2.45, 2.75) is 12.8 Å². The van der Waals surface area contributed by atoms with E-state index in [-0.39, 0.29) is 12.4 Å². The molecule has 2 heteroatoms. The summed E-state index contributed by atoms with van der Waals surface area (Å²) in [6.07, 6.45) is 1.60. The fourth-order valence-corrected chi connectivity index (χ4v) is 1.86. The Morgan fingerprint density at radius 2 is 1.50 bits per heavy atom. The molecular formula is C16H16O2. The molecule has 2 aromatic rings. The van der Waals surface area contributed by atoms with Crippen molar-refractivity contribution in [3.05, 3.63) is 71.3 Å². The summed E-state index contributed by atoms with van der Waals surface area (Å²) in [4.78, 5) is 12.1. The van der Waals surface area contributed by atoms with Crippen molar-refractivity contribution in [3.63, 3.8) is 0 Å². The molecule has 2 nitrogen and oxygen atoms in total. The van der Waals surface area contributed by atoms with Crippen LogP contribution < -0.4 is 0 Å². The summed E-state index contributed by atoms with van der Waals surface area (Å²) in [6, 6.07) is 16.9. The zero-order valence-electron chi connectivity index (χ0n) is 10.2. The first-order valence-electron chi connectivity index (χ1n) is 6.11. The lowest BCUT2D eigenvalue weighted by Crippen LogP contribution is -2.01. The van der Waals surface area contributed by atoms with Crippen molar-refractivity contribution < 1.29 is 9.90 Å². The number of aryl methyl sites for hydroxylation is 1. The highest BCUT2D eigenvalue weighted by Crippen LogP contribution is 2.12. The lowest BCUT2D eigenvalue weighted by Gasteiger charge is -2.03. The van der Waals surface area contributed by atoms with Crippen LogP contribution in [0.5, 0.6) is 0 Å². The summed E-state index contributed by atoms with van der Waals surface area (Å²) in [6.45, 7) is 0.199. The second-order valence-corrected chi connectivity index (χ2v) is 4.22.